The maximum atomic E-state index is 14.1. The zero-order valence-electron chi connectivity index (χ0n) is 26.6. The summed E-state index contributed by atoms with van der Waals surface area (Å²) in [7, 11) is 1.48. The molecule has 48 heavy (non-hydrogen) atoms. The van der Waals surface area contributed by atoms with Gasteiger partial charge in [0.1, 0.15) is 70.9 Å². The number of benzene rings is 2. The summed E-state index contributed by atoms with van der Waals surface area (Å²) in [6.07, 6.45) is -14.0. The van der Waals surface area contributed by atoms with Crippen LogP contribution in [0.2, 0.25) is 0 Å². The van der Waals surface area contributed by atoms with Crippen LogP contribution in [0.15, 0.2) is 51.2 Å². The number of phenolic OH excluding ortho intramolecular Hbond substituents is 2. The van der Waals surface area contributed by atoms with Crippen molar-refractivity contribution in [2.45, 2.75) is 88.6 Å². The minimum absolute atomic E-state index is 0.0975. The Hall–Kier alpha value is -3.77. The summed E-state index contributed by atoms with van der Waals surface area (Å²) in [4.78, 5) is 14.1. The highest BCUT2D eigenvalue weighted by Crippen LogP contribution is 2.40. The Labute approximate surface area is 274 Å². The zero-order valence-corrected chi connectivity index (χ0v) is 26.6. The molecule has 0 aliphatic carbocycles. The number of methoxy groups -OCH3 is 1. The molecule has 2 aliphatic heterocycles. The Morgan fingerprint density at radius 1 is 0.896 bits per heavy atom. The summed E-state index contributed by atoms with van der Waals surface area (Å²) in [5, 5.41) is 83.5. The van der Waals surface area contributed by atoms with Crippen LogP contribution in [0.3, 0.4) is 0 Å². The molecule has 15 nitrogen and oxygen atoms in total. The third-order valence-corrected chi connectivity index (χ3v) is 8.40. The number of hydrogen-bond donors (Lipinski definition) is 8. The quantitative estimate of drug-likeness (QED) is 0.143. The van der Waals surface area contributed by atoms with Crippen molar-refractivity contribution in [3.8, 4) is 34.3 Å². The number of fused-ring (bicyclic) bond motifs is 1. The summed E-state index contributed by atoms with van der Waals surface area (Å²) in [5.41, 5.74) is 0.519. The number of allylic oxidation sites excluding steroid dienone is 2. The van der Waals surface area contributed by atoms with Crippen LogP contribution in [-0.4, -0.2) is 116 Å². The molecule has 2 fully saturated rings. The fourth-order valence-corrected chi connectivity index (χ4v) is 5.65. The van der Waals surface area contributed by atoms with Crippen LogP contribution in [0.4, 0.5) is 0 Å². The lowest BCUT2D eigenvalue weighted by atomic mass is 9.97. The van der Waals surface area contributed by atoms with E-state index >= 15 is 0 Å². The third-order valence-electron chi connectivity index (χ3n) is 8.40. The standard InChI is InChI=1S/C33H40O15/c1-13(2)5-10-17-18(35)11-19(36)21-23(38)31(29(46-30(17)21)15-6-8-16(43-4)9-7-15)48-32-27(42)25(40)28(14(3)44-32)47-33-26(41)24(39)22(37)20(12-34)45-33/h5-9,11,14,20,22,24-28,32-37,39-42H,10,12H2,1-4H3/t14-,20+,22+,24-,25-,26+,27+,28-,32-,33-/m0/s1. The van der Waals surface area contributed by atoms with Crippen molar-refractivity contribution in [1.29, 1.82) is 0 Å². The molecule has 0 radical (unpaired) electrons. The van der Waals surface area contributed by atoms with Crippen molar-refractivity contribution >= 4 is 11.0 Å². The van der Waals surface area contributed by atoms with E-state index in [1.54, 1.807) is 30.3 Å². The first-order valence-electron chi connectivity index (χ1n) is 15.2. The van der Waals surface area contributed by atoms with Gasteiger partial charge in [0, 0.05) is 17.2 Å². The van der Waals surface area contributed by atoms with Gasteiger partial charge < -0.3 is 69.0 Å². The molecule has 8 N–H and O–H groups in total. The number of rotatable bonds is 9. The summed E-state index contributed by atoms with van der Waals surface area (Å²) in [5.74, 6) is -1.02. The molecule has 0 spiro atoms. The average molecular weight is 677 g/mol. The Morgan fingerprint density at radius 3 is 2.19 bits per heavy atom. The first-order valence-corrected chi connectivity index (χ1v) is 15.2. The second kappa shape index (κ2) is 14.4. The molecule has 2 aromatic carbocycles. The summed E-state index contributed by atoms with van der Waals surface area (Å²) in [6, 6.07) is 7.38. The van der Waals surface area contributed by atoms with Crippen LogP contribution < -0.4 is 14.9 Å². The van der Waals surface area contributed by atoms with E-state index in [0.717, 1.165) is 11.6 Å². The maximum absolute atomic E-state index is 14.1. The number of hydrogen-bond acceptors (Lipinski definition) is 15. The molecular weight excluding hydrogens is 636 g/mol. The third kappa shape index (κ3) is 6.74. The van der Waals surface area contributed by atoms with Gasteiger partial charge in [-0.25, -0.2) is 0 Å². The van der Waals surface area contributed by atoms with E-state index in [4.69, 9.17) is 28.1 Å². The SMILES string of the molecule is COc1ccc(-c2oc3c(CC=C(C)C)c(O)cc(O)c3c(=O)c2O[C@@H]2O[C@@H](C)[C@H](O[C@@H]3O[C@H](CO)[C@@H](O)[C@H](O)[C@H]3O)[C@@H](O)[C@H]2O)cc1. The van der Waals surface area contributed by atoms with Gasteiger partial charge in [-0.05, 0) is 51.5 Å². The van der Waals surface area contributed by atoms with Crippen molar-refractivity contribution in [1.82, 2.24) is 0 Å². The zero-order chi connectivity index (χ0) is 35.0. The van der Waals surface area contributed by atoms with Gasteiger partial charge >= 0.3 is 0 Å². The minimum atomic E-state index is -1.88. The molecule has 0 unspecified atom stereocenters. The van der Waals surface area contributed by atoms with Gasteiger partial charge in [0.05, 0.1) is 19.8 Å². The van der Waals surface area contributed by atoms with Gasteiger partial charge in [-0.2, -0.15) is 0 Å². The second-order valence-corrected chi connectivity index (χ2v) is 12.0. The first-order chi connectivity index (χ1) is 22.8. The molecule has 2 saturated heterocycles. The van der Waals surface area contributed by atoms with E-state index in [0.29, 0.717) is 11.3 Å². The van der Waals surface area contributed by atoms with E-state index in [1.165, 1.54) is 14.0 Å². The van der Waals surface area contributed by atoms with Crippen molar-refractivity contribution in [3.63, 3.8) is 0 Å². The predicted molar refractivity (Wildman–Crippen MR) is 167 cm³/mol. The molecule has 15 heteroatoms. The Morgan fingerprint density at radius 2 is 1.56 bits per heavy atom. The molecule has 0 amide bonds. The molecule has 5 rings (SSSR count). The van der Waals surface area contributed by atoms with Crippen LogP contribution >= 0.6 is 0 Å². The van der Waals surface area contributed by atoms with Gasteiger partial charge in [-0.15, -0.1) is 0 Å². The number of aromatic hydroxyl groups is 2. The first kappa shape index (κ1) is 35.5. The van der Waals surface area contributed by atoms with Crippen molar-refractivity contribution < 1.29 is 69.0 Å². The fourth-order valence-electron chi connectivity index (χ4n) is 5.65. The van der Waals surface area contributed by atoms with Crippen LogP contribution in [0, 0.1) is 0 Å². The van der Waals surface area contributed by atoms with Crippen LogP contribution in [0.5, 0.6) is 23.0 Å². The van der Waals surface area contributed by atoms with Crippen LogP contribution in [0.1, 0.15) is 26.3 Å². The van der Waals surface area contributed by atoms with Crippen molar-refractivity contribution in [3.05, 3.63) is 57.8 Å². The molecule has 0 bridgehead atoms. The van der Waals surface area contributed by atoms with Gasteiger partial charge in [0.2, 0.25) is 17.5 Å². The van der Waals surface area contributed by atoms with Crippen molar-refractivity contribution in [2.75, 3.05) is 13.7 Å². The number of phenols is 2. The fraction of sp³-hybridized carbons (Fsp3) is 0.485. The lowest BCUT2D eigenvalue weighted by Crippen LogP contribution is -2.64. The molecular formula is C33H40O15. The molecule has 10 atom stereocenters. The highest BCUT2D eigenvalue weighted by molar-refractivity contribution is 5.91. The molecule has 2 aliphatic rings. The second-order valence-electron chi connectivity index (χ2n) is 12.0. The van der Waals surface area contributed by atoms with Gasteiger partial charge in [0.15, 0.2) is 12.1 Å². The number of aliphatic hydroxyl groups excluding tert-OH is 6. The average Bonchev–Trinajstić information content (AvgIpc) is 3.05. The molecule has 3 heterocycles. The Bertz CT molecular complexity index is 1680. The Kier molecular flexibility index (Phi) is 10.6. The van der Waals surface area contributed by atoms with E-state index in [9.17, 15) is 45.6 Å². The monoisotopic (exact) mass is 676 g/mol. The summed E-state index contributed by atoms with van der Waals surface area (Å²) < 4.78 is 34.3. The number of ether oxygens (including phenoxy) is 5. The topological polar surface area (TPSA) is 238 Å². The van der Waals surface area contributed by atoms with Crippen molar-refractivity contribution in [2.24, 2.45) is 0 Å². The molecule has 1 aromatic heterocycles. The van der Waals surface area contributed by atoms with E-state index in [1.807, 2.05) is 13.8 Å². The maximum Gasteiger partial charge on any atom is 0.239 e. The van der Waals surface area contributed by atoms with Crippen LogP contribution in [-0.2, 0) is 20.6 Å². The highest BCUT2D eigenvalue weighted by atomic mass is 16.7. The highest BCUT2D eigenvalue weighted by Gasteiger charge is 2.50. The van der Waals surface area contributed by atoms with E-state index in [2.05, 4.69) is 0 Å². The lowest BCUT2D eigenvalue weighted by molar-refractivity contribution is -0.348. The largest absolute Gasteiger partial charge is 0.507 e. The van der Waals surface area contributed by atoms with Crippen LogP contribution in [0.25, 0.3) is 22.3 Å². The summed E-state index contributed by atoms with van der Waals surface area (Å²) >= 11 is 0. The van der Waals surface area contributed by atoms with Gasteiger partial charge in [-0.1, -0.05) is 11.6 Å². The molecule has 3 aromatic rings. The van der Waals surface area contributed by atoms with Gasteiger partial charge in [0.25, 0.3) is 0 Å². The lowest BCUT2D eigenvalue weighted by Gasteiger charge is -2.45. The Balaban J connectivity index is 1.52. The molecule has 0 saturated carbocycles. The van der Waals surface area contributed by atoms with E-state index in [-0.39, 0.29) is 34.5 Å². The summed E-state index contributed by atoms with van der Waals surface area (Å²) in [6.45, 7) is 4.44. The smallest absolute Gasteiger partial charge is 0.239 e. The van der Waals surface area contributed by atoms with E-state index < -0.39 is 84.9 Å². The molecule has 262 valence electrons. The van der Waals surface area contributed by atoms with Gasteiger partial charge in [-0.3, -0.25) is 4.79 Å². The number of aliphatic hydroxyl groups is 6. The predicted octanol–water partition coefficient (Wildman–Crippen LogP) is 0.419. The normalized spacial score (nSPS) is 30.6. The minimum Gasteiger partial charge on any atom is -0.507 e.